The third-order valence-corrected chi connectivity index (χ3v) is 4.64. The third-order valence-electron chi connectivity index (χ3n) is 4.25. The van der Waals surface area contributed by atoms with Crippen LogP contribution >= 0.6 is 11.6 Å². The van der Waals surface area contributed by atoms with Gasteiger partial charge in [0.25, 0.3) is 11.8 Å². The summed E-state index contributed by atoms with van der Waals surface area (Å²) in [6, 6.07) is 12.2. The normalized spacial score (nSPS) is 19.0. The summed E-state index contributed by atoms with van der Waals surface area (Å²) in [7, 11) is 1.55. The number of carbonyl (C=O) groups is 2. The molecule has 3 rings (SSSR count). The van der Waals surface area contributed by atoms with Crippen LogP contribution in [0.15, 0.2) is 47.5 Å². The molecule has 0 aromatic heterocycles. The molecule has 0 aliphatic carbocycles. The molecule has 0 spiro atoms. The summed E-state index contributed by atoms with van der Waals surface area (Å²) in [6.07, 6.45) is 0. The Morgan fingerprint density at radius 1 is 1.08 bits per heavy atom. The number of imide groups is 1. The number of hydrogen-bond donors (Lipinski definition) is 0. The first-order valence-electron chi connectivity index (χ1n) is 7.75. The van der Waals surface area contributed by atoms with Gasteiger partial charge in [0.15, 0.2) is 5.38 Å². The van der Waals surface area contributed by atoms with Gasteiger partial charge in [-0.3, -0.25) is 9.59 Å². The number of nitrogens with zero attached hydrogens (tertiary/aromatic N) is 2. The summed E-state index contributed by atoms with van der Waals surface area (Å²) in [4.78, 5) is 30.7. The maximum Gasteiger partial charge on any atom is 0.281 e. The van der Waals surface area contributed by atoms with Crippen LogP contribution in [0.4, 0.5) is 11.4 Å². The molecule has 2 amide bonds. The number of methoxy groups -OCH3 is 1. The number of carbonyl (C=O) groups excluding carboxylic acids is 2. The van der Waals surface area contributed by atoms with Gasteiger partial charge >= 0.3 is 0 Å². The molecule has 6 heteroatoms. The first kappa shape index (κ1) is 17.2. The summed E-state index contributed by atoms with van der Waals surface area (Å²) >= 11 is 6.20. The van der Waals surface area contributed by atoms with Crippen LogP contribution in [0.5, 0.6) is 5.75 Å². The lowest BCUT2D eigenvalue weighted by molar-refractivity contribution is -0.120. The largest absolute Gasteiger partial charge is 0.497 e. The van der Waals surface area contributed by atoms with Crippen molar-refractivity contribution in [3.8, 4) is 5.75 Å². The van der Waals surface area contributed by atoms with E-state index in [1.165, 1.54) is 0 Å². The van der Waals surface area contributed by atoms with Crippen LogP contribution in [0.1, 0.15) is 11.1 Å². The van der Waals surface area contributed by atoms with Gasteiger partial charge in [0.1, 0.15) is 11.5 Å². The fraction of sp³-hybridized carbons (Fsp3) is 0.211. The molecular formula is C19H17ClN2O3. The zero-order chi connectivity index (χ0) is 18.1. The Labute approximate surface area is 150 Å². The van der Waals surface area contributed by atoms with Crippen molar-refractivity contribution in [3.63, 3.8) is 0 Å². The molecule has 1 aliphatic heterocycles. The minimum atomic E-state index is -1.10. The Balaban J connectivity index is 2.00. The van der Waals surface area contributed by atoms with Crippen molar-refractivity contribution < 1.29 is 14.3 Å². The van der Waals surface area contributed by atoms with E-state index >= 15 is 0 Å². The molecule has 0 radical (unpaired) electrons. The summed E-state index contributed by atoms with van der Waals surface area (Å²) in [6.45, 7) is 3.88. The van der Waals surface area contributed by atoms with Gasteiger partial charge in [-0.2, -0.15) is 0 Å². The topological polar surface area (TPSA) is 59.0 Å². The quantitative estimate of drug-likeness (QED) is 0.624. The molecule has 0 N–H and O–H groups in total. The minimum Gasteiger partial charge on any atom is -0.497 e. The van der Waals surface area contributed by atoms with Gasteiger partial charge < -0.3 is 4.74 Å². The Hall–Kier alpha value is -2.66. The first-order chi connectivity index (χ1) is 11.9. The summed E-state index contributed by atoms with van der Waals surface area (Å²) in [5.74, 6) is -0.369. The standard InChI is InChI=1S/C19H17ClN2O3/c1-11-5-4-6-15(12(11)2)21-17-16(20)18(23)22(19(17)24)13-7-9-14(25-3)10-8-13/h4-10,16H,1-3H3. The van der Waals surface area contributed by atoms with E-state index in [1.807, 2.05) is 26.0 Å². The van der Waals surface area contributed by atoms with Crippen LogP contribution in [0, 0.1) is 13.8 Å². The van der Waals surface area contributed by atoms with Crippen molar-refractivity contribution in [3.05, 3.63) is 53.6 Å². The van der Waals surface area contributed by atoms with Gasteiger partial charge in [-0.05, 0) is 55.3 Å². The fourth-order valence-corrected chi connectivity index (χ4v) is 2.86. The van der Waals surface area contributed by atoms with E-state index in [1.54, 1.807) is 37.4 Å². The monoisotopic (exact) mass is 356 g/mol. The zero-order valence-electron chi connectivity index (χ0n) is 14.1. The van der Waals surface area contributed by atoms with Gasteiger partial charge in [-0.15, -0.1) is 11.6 Å². The number of ether oxygens (including phenoxy) is 1. The Morgan fingerprint density at radius 3 is 2.40 bits per heavy atom. The van der Waals surface area contributed by atoms with Crippen LogP contribution in [-0.4, -0.2) is 30.0 Å². The SMILES string of the molecule is COc1ccc(N2C(=O)C(=Nc3cccc(C)c3C)C(Cl)C2=O)cc1. The van der Waals surface area contributed by atoms with Crippen molar-refractivity contribution in [2.75, 3.05) is 12.0 Å². The van der Waals surface area contributed by atoms with Gasteiger partial charge in [0, 0.05) is 0 Å². The molecule has 25 heavy (non-hydrogen) atoms. The van der Waals surface area contributed by atoms with Crippen molar-refractivity contribution >= 4 is 40.5 Å². The smallest absolute Gasteiger partial charge is 0.281 e. The predicted molar refractivity (Wildman–Crippen MR) is 98.1 cm³/mol. The van der Waals surface area contributed by atoms with Crippen molar-refractivity contribution in [2.45, 2.75) is 19.2 Å². The van der Waals surface area contributed by atoms with E-state index in [4.69, 9.17) is 16.3 Å². The second-order valence-corrected chi connectivity index (χ2v) is 6.19. The number of anilines is 1. The number of hydrogen-bond acceptors (Lipinski definition) is 4. The van der Waals surface area contributed by atoms with Gasteiger partial charge in [-0.1, -0.05) is 12.1 Å². The molecule has 1 atom stereocenters. The predicted octanol–water partition coefficient (Wildman–Crippen LogP) is 3.57. The van der Waals surface area contributed by atoms with E-state index in [0.29, 0.717) is 17.1 Å². The maximum atomic E-state index is 12.7. The number of aliphatic imine (C=N–C) groups is 1. The highest BCUT2D eigenvalue weighted by molar-refractivity contribution is 6.68. The molecule has 1 unspecified atom stereocenters. The molecule has 1 heterocycles. The van der Waals surface area contributed by atoms with E-state index < -0.39 is 17.2 Å². The van der Waals surface area contributed by atoms with Gasteiger partial charge in [-0.25, -0.2) is 9.89 Å². The van der Waals surface area contributed by atoms with E-state index in [0.717, 1.165) is 16.0 Å². The molecular weight excluding hydrogens is 340 g/mol. The summed E-state index contributed by atoms with van der Waals surface area (Å²) in [5.41, 5.74) is 3.11. The lowest BCUT2D eigenvalue weighted by atomic mass is 10.1. The molecule has 2 aromatic rings. The molecule has 0 bridgehead atoms. The van der Waals surface area contributed by atoms with Crippen LogP contribution in [0.2, 0.25) is 0 Å². The fourth-order valence-electron chi connectivity index (χ4n) is 2.62. The molecule has 5 nitrogen and oxygen atoms in total. The third kappa shape index (κ3) is 3.03. The van der Waals surface area contributed by atoms with Crippen LogP contribution in [-0.2, 0) is 9.59 Å². The van der Waals surface area contributed by atoms with Gasteiger partial charge in [0.05, 0.1) is 18.5 Å². The highest BCUT2D eigenvalue weighted by Crippen LogP contribution is 2.29. The highest BCUT2D eigenvalue weighted by Gasteiger charge is 2.44. The molecule has 128 valence electrons. The molecule has 1 aliphatic rings. The second-order valence-electron chi connectivity index (χ2n) is 5.76. The lowest BCUT2D eigenvalue weighted by Gasteiger charge is -2.13. The number of rotatable bonds is 3. The Bertz CT molecular complexity index is 875. The van der Waals surface area contributed by atoms with Crippen LogP contribution in [0.25, 0.3) is 0 Å². The Kier molecular flexibility index (Phi) is 4.59. The van der Waals surface area contributed by atoms with Gasteiger partial charge in [0.2, 0.25) is 0 Å². The van der Waals surface area contributed by atoms with Crippen molar-refractivity contribution in [1.82, 2.24) is 0 Å². The number of halogens is 1. The number of aryl methyl sites for hydroxylation is 1. The maximum absolute atomic E-state index is 12.7. The number of amides is 2. The first-order valence-corrected chi connectivity index (χ1v) is 8.19. The van der Waals surface area contributed by atoms with Crippen molar-refractivity contribution in [1.29, 1.82) is 0 Å². The molecule has 0 saturated carbocycles. The Morgan fingerprint density at radius 2 is 1.76 bits per heavy atom. The number of alkyl halides is 1. The van der Waals surface area contributed by atoms with E-state index in [9.17, 15) is 9.59 Å². The van der Waals surface area contributed by atoms with Crippen LogP contribution in [0.3, 0.4) is 0 Å². The summed E-state index contributed by atoms with van der Waals surface area (Å²) in [5, 5.41) is -1.10. The highest BCUT2D eigenvalue weighted by atomic mass is 35.5. The second kappa shape index (κ2) is 6.69. The zero-order valence-corrected chi connectivity index (χ0v) is 14.9. The minimum absolute atomic E-state index is 0.0381. The molecule has 2 aromatic carbocycles. The van der Waals surface area contributed by atoms with E-state index in [-0.39, 0.29) is 5.71 Å². The van der Waals surface area contributed by atoms with E-state index in [2.05, 4.69) is 4.99 Å². The lowest BCUT2D eigenvalue weighted by Crippen LogP contribution is -2.31. The average Bonchev–Trinajstić information content (AvgIpc) is 2.82. The van der Waals surface area contributed by atoms with Crippen LogP contribution < -0.4 is 9.64 Å². The number of benzene rings is 2. The van der Waals surface area contributed by atoms with Crippen molar-refractivity contribution in [2.24, 2.45) is 4.99 Å². The average molecular weight is 357 g/mol. The summed E-state index contributed by atoms with van der Waals surface area (Å²) < 4.78 is 5.09. The molecule has 1 fully saturated rings. The molecule has 1 saturated heterocycles.